The number of phenols is 1. The van der Waals surface area contributed by atoms with Gasteiger partial charge in [-0.3, -0.25) is 0 Å². The second kappa shape index (κ2) is 5.19. The van der Waals surface area contributed by atoms with Crippen LogP contribution in [0, 0.1) is 6.92 Å². The zero-order valence-corrected chi connectivity index (χ0v) is 11.0. The Morgan fingerprint density at radius 2 is 2.12 bits per heavy atom. The second-order valence-electron chi connectivity index (χ2n) is 3.80. The van der Waals surface area contributed by atoms with Crippen molar-refractivity contribution < 1.29 is 5.11 Å². The summed E-state index contributed by atoms with van der Waals surface area (Å²) in [6.07, 6.45) is 0. The quantitative estimate of drug-likeness (QED) is 0.673. The highest BCUT2D eigenvalue weighted by atomic mass is 79.9. The van der Waals surface area contributed by atoms with E-state index in [0.29, 0.717) is 6.54 Å². The zero-order valence-electron chi connectivity index (χ0n) is 9.44. The molecule has 1 aromatic heterocycles. The highest BCUT2D eigenvalue weighted by Gasteiger charge is 2.00. The van der Waals surface area contributed by atoms with Gasteiger partial charge in [-0.2, -0.15) is 0 Å². The van der Waals surface area contributed by atoms with Crippen molar-refractivity contribution >= 4 is 21.6 Å². The van der Waals surface area contributed by atoms with Crippen LogP contribution < -0.4 is 5.32 Å². The number of nitrogens with zero attached hydrogens (tertiary/aromatic N) is 1. The predicted molar refractivity (Wildman–Crippen MR) is 72.1 cm³/mol. The largest absolute Gasteiger partial charge is 0.508 e. The summed E-state index contributed by atoms with van der Waals surface area (Å²) in [5.74, 6) is 0.286. The molecule has 0 saturated carbocycles. The highest BCUT2D eigenvalue weighted by molar-refractivity contribution is 9.10. The first-order valence-corrected chi connectivity index (χ1v) is 6.09. The number of benzene rings is 1. The van der Waals surface area contributed by atoms with E-state index in [4.69, 9.17) is 0 Å². The van der Waals surface area contributed by atoms with Gasteiger partial charge in [0.15, 0.2) is 0 Å². The third kappa shape index (κ3) is 3.20. The van der Waals surface area contributed by atoms with Crippen LogP contribution in [0.25, 0.3) is 0 Å². The van der Waals surface area contributed by atoms with Crippen LogP contribution in [0.3, 0.4) is 0 Å². The van der Waals surface area contributed by atoms with Gasteiger partial charge in [-0.25, -0.2) is 4.98 Å². The molecule has 0 saturated heterocycles. The lowest BCUT2D eigenvalue weighted by atomic mass is 10.2. The summed E-state index contributed by atoms with van der Waals surface area (Å²) in [5, 5.41) is 12.6. The Labute approximate surface area is 109 Å². The molecule has 0 unspecified atom stereocenters. The summed E-state index contributed by atoms with van der Waals surface area (Å²) in [7, 11) is 0. The summed E-state index contributed by atoms with van der Waals surface area (Å²) < 4.78 is 0.833. The molecule has 0 aliphatic carbocycles. The summed E-state index contributed by atoms with van der Waals surface area (Å²) in [6.45, 7) is 2.61. The molecule has 2 rings (SSSR count). The number of phenolic OH excluding ortho intramolecular Hbond substituents is 1. The van der Waals surface area contributed by atoms with E-state index >= 15 is 0 Å². The summed E-state index contributed by atoms with van der Waals surface area (Å²) in [4.78, 5) is 4.34. The van der Waals surface area contributed by atoms with E-state index in [1.165, 1.54) is 0 Å². The molecule has 1 heterocycles. The maximum Gasteiger partial charge on any atom is 0.115 e. The van der Waals surface area contributed by atoms with Crippen molar-refractivity contribution in [2.24, 2.45) is 0 Å². The predicted octanol–water partition coefficient (Wildman–Crippen LogP) is 3.47. The van der Waals surface area contributed by atoms with Crippen molar-refractivity contribution in [3.63, 3.8) is 0 Å². The monoisotopic (exact) mass is 292 g/mol. The molecule has 3 nitrogen and oxygen atoms in total. The van der Waals surface area contributed by atoms with Crippen molar-refractivity contribution in [3.05, 3.63) is 52.3 Å². The minimum Gasteiger partial charge on any atom is -0.508 e. The summed E-state index contributed by atoms with van der Waals surface area (Å²) in [5.41, 5.74) is 2.98. The Balaban J connectivity index is 2.07. The van der Waals surface area contributed by atoms with E-state index in [1.54, 1.807) is 12.1 Å². The first kappa shape index (κ1) is 11.9. The van der Waals surface area contributed by atoms with Gasteiger partial charge in [0.05, 0.1) is 12.2 Å². The van der Waals surface area contributed by atoms with Crippen molar-refractivity contribution in [1.29, 1.82) is 0 Å². The first-order chi connectivity index (χ1) is 8.15. The molecule has 0 atom stereocenters. The van der Waals surface area contributed by atoms with E-state index in [9.17, 15) is 5.11 Å². The number of anilines is 1. The average Bonchev–Trinajstić information content (AvgIpc) is 2.28. The lowest BCUT2D eigenvalue weighted by Crippen LogP contribution is -2.02. The van der Waals surface area contributed by atoms with Crippen LogP contribution in [-0.4, -0.2) is 10.1 Å². The highest BCUT2D eigenvalue weighted by Crippen LogP contribution is 2.20. The third-order valence-corrected chi connectivity index (χ3v) is 2.88. The fourth-order valence-corrected chi connectivity index (χ4v) is 1.96. The van der Waals surface area contributed by atoms with Crippen LogP contribution in [-0.2, 0) is 6.54 Å². The molecule has 0 bridgehead atoms. The van der Waals surface area contributed by atoms with Crippen molar-refractivity contribution in [1.82, 2.24) is 4.98 Å². The van der Waals surface area contributed by atoms with Gasteiger partial charge in [0, 0.05) is 5.69 Å². The lowest BCUT2D eigenvalue weighted by molar-refractivity contribution is 0.475. The van der Waals surface area contributed by atoms with Crippen LogP contribution in [0.1, 0.15) is 11.3 Å². The fourth-order valence-electron chi connectivity index (χ4n) is 1.58. The van der Waals surface area contributed by atoms with Gasteiger partial charge in [-0.05, 0) is 58.7 Å². The van der Waals surface area contributed by atoms with Crippen LogP contribution in [0.2, 0.25) is 0 Å². The van der Waals surface area contributed by atoms with Gasteiger partial charge in [-0.1, -0.05) is 6.07 Å². The zero-order chi connectivity index (χ0) is 12.3. The van der Waals surface area contributed by atoms with Crippen molar-refractivity contribution in [2.75, 3.05) is 5.32 Å². The van der Waals surface area contributed by atoms with E-state index in [-0.39, 0.29) is 5.75 Å². The van der Waals surface area contributed by atoms with Gasteiger partial charge in [0.1, 0.15) is 10.4 Å². The summed E-state index contributed by atoms with van der Waals surface area (Å²) >= 11 is 3.34. The van der Waals surface area contributed by atoms with E-state index in [0.717, 1.165) is 21.5 Å². The maximum absolute atomic E-state index is 9.31. The third-order valence-electron chi connectivity index (χ3n) is 2.44. The number of halogens is 1. The Hall–Kier alpha value is -1.55. The number of aromatic nitrogens is 1. The fraction of sp³-hybridized carbons (Fsp3) is 0.154. The molecule has 17 heavy (non-hydrogen) atoms. The van der Waals surface area contributed by atoms with Crippen LogP contribution >= 0.6 is 15.9 Å². The number of hydrogen-bond acceptors (Lipinski definition) is 3. The molecule has 2 N–H and O–H groups in total. The molecule has 0 fully saturated rings. The first-order valence-electron chi connectivity index (χ1n) is 5.30. The molecule has 2 aromatic rings. The number of aryl methyl sites for hydroxylation is 1. The van der Waals surface area contributed by atoms with Crippen LogP contribution in [0.15, 0.2) is 41.0 Å². The standard InChI is InChI=1S/C13H13BrN2O/c1-9-7-11(17)5-6-12(9)15-8-10-3-2-4-13(14)16-10/h2-7,15,17H,8H2,1H3. The van der Waals surface area contributed by atoms with Gasteiger partial charge >= 0.3 is 0 Å². The molecule has 0 spiro atoms. The Bertz CT molecular complexity index is 529. The number of pyridine rings is 1. The minimum absolute atomic E-state index is 0.286. The molecule has 4 heteroatoms. The Morgan fingerprint density at radius 1 is 1.29 bits per heavy atom. The molecule has 1 aromatic carbocycles. The molecular weight excluding hydrogens is 280 g/mol. The van der Waals surface area contributed by atoms with E-state index in [2.05, 4.69) is 26.2 Å². The Kier molecular flexibility index (Phi) is 3.64. The van der Waals surface area contributed by atoms with E-state index in [1.807, 2.05) is 31.2 Å². The normalized spacial score (nSPS) is 10.2. The smallest absolute Gasteiger partial charge is 0.115 e. The lowest BCUT2D eigenvalue weighted by Gasteiger charge is -2.09. The van der Waals surface area contributed by atoms with Gasteiger partial charge in [0.25, 0.3) is 0 Å². The molecular formula is C13H13BrN2O. The second-order valence-corrected chi connectivity index (χ2v) is 4.62. The van der Waals surface area contributed by atoms with Gasteiger partial charge < -0.3 is 10.4 Å². The topological polar surface area (TPSA) is 45.1 Å². The van der Waals surface area contributed by atoms with Crippen LogP contribution in [0.5, 0.6) is 5.75 Å². The molecule has 0 radical (unpaired) electrons. The summed E-state index contributed by atoms with van der Waals surface area (Å²) in [6, 6.07) is 11.1. The van der Waals surface area contributed by atoms with E-state index < -0.39 is 0 Å². The molecule has 0 aliphatic heterocycles. The van der Waals surface area contributed by atoms with Crippen molar-refractivity contribution in [2.45, 2.75) is 13.5 Å². The van der Waals surface area contributed by atoms with Crippen molar-refractivity contribution in [3.8, 4) is 5.75 Å². The molecule has 0 aliphatic rings. The number of aromatic hydroxyl groups is 1. The molecule has 88 valence electrons. The SMILES string of the molecule is Cc1cc(O)ccc1NCc1cccc(Br)n1. The minimum atomic E-state index is 0.286. The number of hydrogen-bond donors (Lipinski definition) is 2. The number of nitrogens with one attached hydrogen (secondary N) is 1. The average molecular weight is 293 g/mol. The number of rotatable bonds is 3. The molecule has 0 amide bonds. The van der Waals surface area contributed by atoms with Crippen LogP contribution in [0.4, 0.5) is 5.69 Å². The maximum atomic E-state index is 9.31. The Morgan fingerprint density at radius 3 is 2.82 bits per heavy atom. The van der Waals surface area contributed by atoms with Gasteiger partial charge in [0.2, 0.25) is 0 Å². The van der Waals surface area contributed by atoms with Gasteiger partial charge in [-0.15, -0.1) is 0 Å².